The molecule has 0 saturated heterocycles. The molecule has 0 bridgehead atoms. The third-order valence-corrected chi connectivity index (χ3v) is 6.68. The van der Waals surface area contributed by atoms with Crippen LogP contribution >= 0.6 is 23.1 Å². The van der Waals surface area contributed by atoms with Gasteiger partial charge in [0.25, 0.3) is 0 Å². The molecule has 31 heavy (non-hydrogen) atoms. The van der Waals surface area contributed by atoms with Gasteiger partial charge in [0, 0.05) is 23.3 Å². The molecule has 1 amide bonds. The summed E-state index contributed by atoms with van der Waals surface area (Å²) in [7, 11) is 0. The second kappa shape index (κ2) is 9.49. The molecular weight excluding hydrogens is 424 g/mol. The summed E-state index contributed by atoms with van der Waals surface area (Å²) in [6.07, 6.45) is 4.70. The van der Waals surface area contributed by atoms with E-state index >= 15 is 0 Å². The van der Waals surface area contributed by atoms with Crippen molar-refractivity contribution in [1.29, 1.82) is 0 Å². The van der Waals surface area contributed by atoms with E-state index in [-0.39, 0.29) is 11.7 Å². The van der Waals surface area contributed by atoms with E-state index in [1.807, 2.05) is 16.1 Å². The summed E-state index contributed by atoms with van der Waals surface area (Å²) in [6, 6.07) is 14.7. The number of carbonyl (C=O) groups excluding carboxylic acids is 1. The molecule has 0 unspecified atom stereocenters. The van der Waals surface area contributed by atoms with E-state index in [2.05, 4.69) is 78.5 Å². The molecule has 7 heteroatoms. The van der Waals surface area contributed by atoms with Gasteiger partial charge in [-0.1, -0.05) is 60.6 Å². The lowest BCUT2D eigenvalue weighted by Gasteiger charge is -2.11. The van der Waals surface area contributed by atoms with Gasteiger partial charge >= 0.3 is 0 Å². The fourth-order valence-corrected chi connectivity index (χ4v) is 4.82. The number of rotatable bonds is 7. The monoisotopic (exact) mass is 448 g/mol. The van der Waals surface area contributed by atoms with Crippen LogP contribution in [0.5, 0.6) is 0 Å². The molecule has 4 aromatic rings. The summed E-state index contributed by atoms with van der Waals surface area (Å²) < 4.78 is 2.02. The summed E-state index contributed by atoms with van der Waals surface area (Å²) >= 11 is 2.85. The Labute approximate surface area is 190 Å². The van der Waals surface area contributed by atoms with Crippen molar-refractivity contribution in [1.82, 2.24) is 14.5 Å². The van der Waals surface area contributed by atoms with E-state index in [9.17, 15) is 4.79 Å². The molecule has 1 N–H and O–H groups in total. The van der Waals surface area contributed by atoms with Gasteiger partial charge in [0.15, 0.2) is 10.3 Å². The van der Waals surface area contributed by atoms with Gasteiger partial charge in [-0.3, -0.25) is 9.36 Å². The normalized spacial score (nSPS) is 10.9. The van der Waals surface area contributed by atoms with Crippen LogP contribution in [-0.4, -0.2) is 26.2 Å². The van der Waals surface area contributed by atoms with Crippen LogP contribution in [0.3, 0.4) is 0 Å². The van der Waals surface area contributed by atoms with Gasteiger partial charge in [0.05, 0.1) is 17.1 Å². The van der Waals surface area contributed by atoms with Gasteiger partial charge in [-0.25, -0.2) is 9.97 Å². The van der Waals surface area contributed by atoms with E-state index in [1.54, 1.807) is 6.20 Å². The zero-order chi connectivity index (χ0) is 21.8. The molecule has 158 valence electrons. The molecular formula is C24H24N4OS2. The fourth-order valence-electron chi connectivity index (χ4n) is 3.32. The molecule has 0 radical (unpaired) electrons. The summed E-state index contributed by atoms with van der Waals surface area (Å²) in [5.41, 5.74) is 6.69. The maximum Gasteiger partial charge on any atom is 0.236 e. The van der Waals surface area contributed by atoms with Crippen LogP contribution in [0.25, 0.3) is 16.9 Å². The number of thiazole rings is 1. The zero-order valence-corrected chi connectivity index (χ0v) is 19.4. The Morgan fingerprint density at radius 1 is 1.16 bits per heavy atom. The lowest BCUT2D eigenvalue weighted by Crippen LogP contribution is -2.14. The highest BCUT2D eigenvalue weighted by Gasteiger charge is 2.12. The van der Waals surface area contributed by atoms with Crippen molar-refractivity contribution in [2.75, 3.05) is 11.1 Å². The van der Waals surface area contributed by atoms with E-state index in [4.69, 9.17) is 0 Å². The lowest BCUT2D eigenvalue weighted by atomic mass is 10.1. The van der Waals surface area contributed by atoms with Crippen LogP contribution in [0.1, 0.15) is 23.6 Å². The molecule has 0 aliphatic heterocycles. The molecule has 0 fully saturated rings. The van der Waals surface area contributed by atoms with Gasteiger partial charge in [0.1, 0.15) is 0 Å². The van der Waals surface area contributed by atoms with Crippen molar-refractivity contribution in [2.24, 2.45) is 0 Å². The molecule has 0 atom stereocenters. The molecule has 2 aromatic heterocycles. The van der Waals surface area contributed by atoms with Crippen LogP contribution in [0.4, 0.5) is 5.13 Å². The molecule has 2 heterocycles. The Balaban J connectivity index is 1.38. The highest BCUT2D eigenvalue weighted by Crippen LogP contribution is 2.26. The quantitative estimate of drug-likeness (QED) is 0.357. The first-order chi connectivity index (χ1) is 15.0. The molecule has 0 saturated carbocycles. The molecule has 0 aliphatic carbocycles. The van der Waals surface area contributed by atoms with Crippen LogP contribution in [-0.2, 0) is 11.2 Å². The summed E-state index contributed by atoms with van der Waals surface area (Å²) in [5, 5.41) is 6.27. The number of nitrogens with one attached hydrogen (secondary N) is 1. The van der Waals surface area contributed by atoms with Crippen molar-refractivity contribution < 1.29 is 4.79 Å². The maximum absolute atomic E-state index is 12.5. The summed E-state index contributed by atoms with van der Waals surface area (Å²) in [5.74, 6) is 0.171. The highest BCUT2D eigenvalue weighted by atomic mass is 32.2. The van der Waals surface area contributed by atoms with E-state index in [1.165, 1.54) is 39.8 Å². The Morgan fingerprint density at radius 3 is 2.71 bits per heavy atom. The number of anilines is 1. The number of aromatic nitrogens is 3. The largest absolute Gasteiger partial charge is 0.301 e. The zero-order valence-electron chi connectivity index (χ0n) is 17.8. The van der Waals surface area contributed by atoms with Gasteiger partial charge in [0.2, 0.25) is 5.91 Å². The number of benzene rings is 2. The number of imidazole rings is 1. The predicted octanol–water partition coefficient (Wildman–Crippen LogP) is 5.91. The predicted molar refractivity (Wildman–Crippen MR) is 129 cm³/mol. The SMILES string of the molecule is CCc1ccc(-c2csc(NC(=O)CSc3nccn3-c3ccc(C)cc3C)n2)cc1. The second-order valence-corrected chi connectivity index (χ2v) is 9.10. The van der Waals surface area contributed by atoms with Crippen molar-refractivity contribution in [2.45, 2.75) is 32.3 Å². The van der Waals surface area contributed by atoms with Crippen LogP contribution in [0.2, 0.25) is 0 Å². The lowest BCUT2D eigenvalue weighted by molar-refractivity contribution is -0.113. The minimum Gasteiger partial charge on any atom is -0.301 e. The molecule has 0 spiro atoms. The average Bonchev–Trinajstić information content (AvgIpc) is 3.42. The third kappa shape index (κ3) is 5.06. The molecule has 5 nitrogen and oxygen atoms in total. The average molecular weight is 449 g/mol. The maximum atomic E-state index is 12.5. The first-order valence-corrected chi connectivity index (χ1v) is 12.0. The van der Waals surface area contributed by atoms with Crippen molar-refractivity contribution in [3.8, 4) is 16.9 Å². The summed E-state index contributed by atoms with van der Waals surface area (Å²) in [4.78, 5) is 21.5. The highest BCUT2D eigenvalue weighted by molar-refractivity contribution is 7.99. The summed E-state index contributed by atoms with van der Waals surface area (Å²) in [6.45, 7) is 6.30. The van der Waals surface area contributed by atoms with E-state index < -0.39 is 0 Å². The van der Waals surface area contributed by atoms with Crippen LogP contribution in [0.15, 0.2) is 65.4 Å². The molecule has 2 aromatic carbocycles. The fraction of sp³-hybridized carbons (Fsp3) is 0.208. The van der Waals surface area contributed by atoms with Crippen molar-refractivity contribution >= 4 is 34.1 Å². The third-order valence-electron chi connectivity index (χ3n) is 4.96. The van der Waals surface area contributed by atoms with Crippen molar-refractivity contribution in [3.63, 3.8) is 0 Å². The number of thioether (sulfide) groups is 1. The second-order valence-electron chi connectivity index (χ2n) is 7.29. The topological polar surface area (TPSA) is 59.8 Å². The number of nitrogens with zero attached hydrogens (tertiary/aromatic N) is 3. The van der Waals surface area contributed by atoms with Gasteiger partial charge < -0.3 is 5.32 Å². The van der Waals surface area contributed by atoms with Gasteiger partial charge in [-0.05, 0) is 37.5 Å². The Morgan fingerprint density at radius 2 is 1.97 bits per heavy atom. The number of aryl methyl sites for hydroxylation is 3. The number of hydrogen-bond acceptors (Lipinski definition) is 5. The Kier molecular flexibility index (Phi) is 6.53. The van der Waals surface area contributed by atoms with Crippen LogP contribution in [0, 0.1) is 13.8 Å². The first kappa shape index (κ1) is 21.3. The first-order valence-electron chi connectivity index (χ1n) is 10.1. The number of hydrogen-bond donors (Lipinski definition) is 1. The van der Waals surface area contributed by atoms with Gasteiger partial charge in [-0.2, -0.15) is 0 Å². The van der Waals surface area contributed by atoms with Crippen LogP contribution < -0.4 is 5.32 Å². The Bertz CT molecular complexity index is 1190. The molecule has 4 rings (SSSR count). The minimum atomic E-state index is -0.0950. The Hall–Kier alpha value is -2.90. The standard InChI is InChI=1S/C24H24N4OS2/c1-4-18-6-8-19(9-7-18)20-14-30-23(26-20)27-22(29)15-31-24-25-11-12-28(24)21-10-5-16(2)13-17(21)3/h5-14H,4,15H2,1-3H3,(H,26,27,29). The van der Waals surface area contributed by atoms with E-state index in [0.29, 0.717) is 5.13 Å². The van der Waals surface area contributed by atoms with Gasteiger partial charge in [-0.15, -0.1) is 11.3 Å². The molecule has 0 aliphatic rings. The number of amides is 1. The van der Waals surface area contributed by atoms with E-state index in [0.717, 1.165) is 28.5 Å². The minimum absolute atomic E-state index is 0.0950. The number of carbonyl (C=O) groups is 1. The van der Waals surface area contributed by atoms with Crippen molar-refractivity contribution in [3.05, 3.63) is 76.9 Å². The smallest absolute Gasteiger partial charge is 0.236 e.